The van der Waals surface area contributed by atoms with Crippen molar-refractivity contribution in [2.24, 2.45) is 10.8 Å². The Balaban J connectivity index is 1.22. The van der Waals surface area contributed by atoms with Gasteiger partial charge in [-0.25, -0.2) is 8.42 Å². The fourth-order valence-corrected chi connectivity index (χ4v) is 13.1. The maximum absolute atomic E-state index is 14.1. The Morgan fingerprint density at radius 1 is 0.535 bits per heavy atom. The lowest BCUT2D eigenvalue weighted by Gasteiger charge is -2.46. The minimum absolute atomic E-state index is 0.220. The summed E-state index contributed by atoms with van der Waals surface area (Å²) in [6, 6.07) is 0. The molecule has 5 rings (SSSR count). The third-order valence-corrected chi connectivity index (χ3v) is 15.5. The molecule has 0 aromatic rings. The highest BCUT2D eigenvalue weighted by molar-refractivity contribution is 7.92. The fourth-order valence-electron chi connectivity index (χ4n) is 10.9. The van der Waals surface area contributed by atoms with E-state index >= 15 is 0 Å². The highest BCUT2D eigenvalue weighted by Gasteiger charge is 3.14. The van der Waals surface area contributed by atoms with Crippen LogP contribution in [0.4, 0.5) is 0 Å². The summed E-state index contributed by atoms with van der Waals surface area (Å²) in [4.78, 5) is -3.18. The molecule has 0 bridgehead atoms. The molecule has 5 aliphatic rings. The second-order valence-corrected chi connectivity index (χ2v) is 17.5. The van der Waals surface area contributed by atoms with Gasteiger partial charge in [-0.1, -0.05) is 129 Å². The predicted octanol–water partition coefficient (Wildman–Crippen LogP) is 4.80. The van der Waals surface area contributed by atoms with E-state index in [2.05, 4.69) is 6.92 Å². The van der Waals surface area contributed by atoms with Crippen LogP contribution in [0.25, 0.3) is 0 Å². The minimum atomic E-state index is -4.63. The second-order valence-electron chi connectivity index (χ2n) is 15.2. The van der Waals surface area contributed by atoms with Crippen LogP contribution < -0.4 is 0 Å². The lowest BCUT2D eigenvalue weighted by molar-refractivity contribution is -0.238. The summed E-state index contributed by atoms with van der Waals surface area (Å²) in [6.45, 7) is 2.23. The molecular formula is C34H60O8S. The van der Waals surface area contributed by atoms with E-state index in [1.807, 2.05) is 0 Å². The normalized spacial score (nSPS) is 40.8. The lowest BCUT2D eigenvalue weighted by atomic mass is 9.76. The van der Waals surface area contributed by atoms with Gasteiger partial charge in [-0.15, -0.1) is 0 Å². The Morgan fingerprint density at radius 3 is 1.37 bits per heavy atom. The molecule has 0 saturated heterocycles. The molecule has 0 unspecified atom stereocenters. The number of fused-ring (bicyclic) bond motifs is 7. The summed E-state index contributed by atoms with van der Waals surface area (Å²) < 4.78 is 28.1. The van der Waals surface area contributed by atoms with Crippen LogP contribution in [0.1, 0.15) is 161 Å². The summed E-state index contributed by atoms with van der Waals surface area (Å²) in [5.74, 6) is -0.464. The summed E-state index contributed by atoms with van der Waals surface area (Å²) in [6.07, 6.45) is 18.3. The van der Waals surface area contributed by atoms with E-state index in [4.69, 9.17) is 0 Å². The van der Waals surface area contributed by atoms with E-state index in [0.717, 1.165) is 32.1 Å². The molecule has 5 saturated carbocycles. The number of hydrogen-bond donors (Lipinski definition) is 6. The minimum Gasteiger partial charge on any atom is -0.386 e. The molecule has 0 aromatic heterocycles. The number of aliphatic hydroxyl groups is 6. The van der Waals surface area contributed by atoms with Crippen LogP contribution in [0, 0.1) is 10.8 Å². The molecule has 0 aromatic carbocycles. The van der Waals surface area contributed by atoms with Gasteiger partial charge in [0, 0.05) is 10.8 Å². The standard InChI is InChI=1S/C34H60O8S/c1-2-3-4-5-6-7-8-9-10-11-12-13-14-21-26-43(41,42)31(37)27(35)30(36)28(22-17-15-18-23-28)32(30,38)34(40)29(33(31,34)39)24-19-16-20-25-29/h27,35-40H,2-26H2,1H3/t27-,30+,31-,32+,33-,34+/m1/s1. The van der Waals surface area contributed by atoms with Gasteiger partial charge in [0.15, 0.2) is 15.4 Å². The zero-order chi connectivity index (χ0) is 31.3. The van der Waals surface area contributed by atoms with Crippen molar-refractivity contribution >= 4 is 9.84 Å². The van der Waals surface area contributed by atoms with Gasteiger partial charge in [0.1, 0.15) is 22.9 Å². The zero-order valence-electron chi connectivity index (χ0n) is 26.7. The van der Waals surface area contributed by atoms with Crippen LogP contribution in [0.15, 0.2) is 0 Å². The molecule has 5 fully saturated rings. The first-order chi connectivity index (χ1) is 20.4. The van der Waals surface area contributed by atoms with E-state index in [0.29, 0.717) is 44.9 Å². The molecule has 43 heavy (non-hydrogen) atoms. The molecule has 250 valence electrons. The Kier molecular flexibility index (Phi) is 9.55. The Hall–Kier alpha value is -0.290. The smallest absolute Gasteiger partial charge is 0.227 e. The summed E-state index contributed by atoms with van der Waals surface area (Å²) in [5, 5.41) is 72.8. The monoisotopic (exact) mass is 628 g/mol. The number of unbranched alkanes of at least 4 members (excludes halogenated alkanes) is 13. The molecule has 6 N–H and O–H groups in total. The third-order valence-electron chi connectivity index (χ3n) is 13.2. The van der Waals surface area contributed by atoms with Gasteiger partial charge in [-0.05, 0) is 32.1 Å². The SMILES string of the molecule is CCCCCCCCCCCCCCCCS(=O)(=O)[C@]1(O)[C@H](O)[C@]2(O)C3(CCCCC3)[C@@]2(O)[C@@]2(O)C3(CCCCC3)[C@]21O. The van der Waals surface area contributed by atoms with Crippen LogP contribution in [0.3, 0.4) is 0 Å². The van der Waals surface area contributed by atoms with Gasteiger partial charge < -0.3 is 30.6 Å². The Labute approximate surface area is 259 Å². The quantitative estimate of drug-likeness (QED) is 0.133. The van der Waals surface area contributed by atoms with Crippen molar-refractivity contribution in [2.75, 3.05) is 5.75 Å². The fraction of sp³-hybridized carbons (Fsp3) is 1.00. The Bertz CT molecular complexity index is 1080. The topological polar surface area (TPSA) is 156 Å². The average Bonchev–Trinajstić information content (AvgIpc) is 3.63. The molecule has 0 heterocycles. The highest BCUT2D eigenvalue weighted by atomic mass is 32.2. The number of sulfone groups is 1. The molecule has 5 aliphatic carbocycles. The van der Waals surface area contributed by atoms with Crippen LogP contribution in [0.5, 0.6) is 0 Å². The lowest BCUT2D eigenvalue weighted by Crippen LogP contribution is -2.74. The third kappa shape index (κ3) is 4.16. The first-order valence-corrected chi connectivity index (χ1v) is 19.6. The van der Waals surface area contributed by atoms with Gasteiger partial charge in [0.25, 0.3) is 0 Å². The van der Waals surface area contributed by atoms with Crippen molar-refractivity contribution in [3.63, 3.8) is 0 Å². The van der Waals surface area contributed by atoms with E-state index < -0.39 is 59.9 Å². The van der Waals surface area contributed by atoms with E-state index in [9.17, 15) is 39.1 Å². The molecule has 6 atom stereocenters. The zero-order valence-corrected chi connectivity index (χ0v) is 27.5. The summed E-state index contributed by atoms with van der Waals surface area (Å²) in [7, 11) is -4.63. The van der Waals surface area contributed by atoms with Crippen molar-refractivity contribution in [3.05, 3.63) is 0 Å². The van der Waals surface area contributed by atoms with Crippen molar-refractivity contribution < 1.29 is 39.1 Å². The molecular weight excluding hydrogens is 568 g/mol. The molecule has 8 nitrogen and oxygen atoms in total. The van der Waals surface area contributed by atoms with Crippen LogP contribution in [0.2, 0.25) is 0 Å². The van der Waals surface area contributed by atoms with Gasteiger partial charge in [0.2, 0.25) is 4.93 Å². The molecule has 0 aliphatic heterocycles. The summed E-state index contributed by atoms with van der Waals surface area (Å²) >= 11 is 0. The molecule has 0 amide bonds. The van der Waals surface area contributed by atoms with Gasteiger partial charge in [0.05, 0.1) is 5.75 Å². The Morgan fingerprint density at radius 2 is 0.930 bits per heavy atom. The van der Waals surface area contributed by atoms with Crippen LogP contribution >= 0.6 is 0 Å². The number of aliphatic hydroxyl groups excluding tert-OH is 1. The van der Waals surface area contributed by atoms with Crippen LogP contribution in [-0.2, 0) is 9.84 Å². The summed E-state index contributed by atoms with van der Waals surface area (Å²) in [5.41, 5.74) is -12.7. The maximum Gasteiger partial charge on any atom is 0.227 e. The van der Waals surface area contributed by atoms with Crippen molar-refractivity contribution in [2.45, 2.75) is 194 Å². The first kappa shape index (κ1) is 34.1. The van der Waals surface area contributed by atoms with E-state index in [1.165, 1.54) is 57.8 Å². The molecule has 9 heteroatoms. The van der Waals surface area contributed by atoms with E-state index in [-0.39, 0.29) is 19.3 Å². The van der Waals surface area contributed by atoms with Crippen molar-refractivity contribution in [3.8, 4) is 0 Å². The average molecular weight is 629 g/mol. The van der Waals surface area contributed by atoms with E-state index in [1.54, 1.807) is 0 Å². The van der Waals surface area contributed by atoms with Gasteiger partial charge in [-0.2, -0.15) is 0 Å². The molecule has 2 spiro atoms. The van der Waals surface area contributed by atoms with Crippen molar-refractivity contribution in [1.82, 2.24) is 0 Å². The predicted molar refractivity (Wildman–Crippen MR) is 166 cm³/mol. The highest BCUT2D eigenvalue weighted by Crippen LogP contribution is 2.93. The maximum atomic E-state index is 14.1. The van der Waals surface area contributed by atoms with Gasteiger partial charge in [-0.3, -0.25) is 0 Å². The number of rotatable bonds is 16. The van der Waals surface area contributed by atoms with Crippen LogP contribution in [-0.4, -0.2) is 78.3 Å². The second kappa shape index (κ2) is 12.1. The van der Waals surface area contributed by atoms with Gasteiger partial charge >= 0.3 is 0 Å². The molecule has 0 radical (unpaired) electrons. The van der Waals surface area contributed by atoms with Crippen molar-refractivity contribution in [1.29, 1.82) is 0 Å². The number of hydrogen-bond acceptors (Lipinski definition) is 8. The largest absolute Gasteiger partial charge is 0.386 e. The first-order valence-electron chi connectivity index (χ1n) is 17.9.